The molecule has 0 radical (unpaired) electrons. The molecular weight excluding hydrogens is 238 g/mol. The molecule has 0 bridgehead atoms. The van der Waals surface area contributed by atoms with Gasteiger partial charge in [-0.25, -0.2) is 13.1 Å². The van der Waals surface area contributed by atoms with Gasteiger partial charge in [0.1, 0.15) is 0 Å². The minimum Gasteiger partial charge on any atom is -0.395 e. The summed E-state index contributed by atoms with van der Waals surface area (Å²) in [5.41, 5.74) is 0. The van der Waals surface area contributed by atoms with Crippen LogP contribution >= 0.6 is 0 Å². The largest absolute Gasteiger partial charge is 0.395 e. The molecule has 2 N–H and O–H groups in total. The van der Waals surface area contributed by atoms with Crippen LogP contribution in [-0.4, -0.2) is 31.9 Å². The van der Waals surface area contributed by atoms with Crippen LogP contribution in [0.25, 0.3) is 0 Å². The monoisotopic (exact) mass is 263 g/mol. The molecular formula is C12H25NO3S. The minimum atomic E-state index is -3.33. The third-order valence-electron chi connectivity index (χ3n) is 3.90. The summed E-state index contributed by atoms with van der Waals surface area (Å²) in [7, 11) is -3.33. The number of rotatable bonds is 6. The Balaban J connectivity index is 2.32. The number of hydrogen-bond acceptors (Lipinski definition) is 3. The molecule has 0 aliphatic heterocycles. The lowest BCUT2D eigenvalue weighted by atomic mass is 9.81. The van der Waals surface area contributed by atoms with E-state index >= 15 is 0 Å². The van der Waals surface area contributed by atoms with Crippen LogP contribution in [0.5, 0.6) is 0 Å². The molecule has 4 nitrogen and oxygen atoms in total. The zero-order valence-electron chi connectivity index (χ0n) is 10.9. The zero-order chi connectivity index (χ0) is 12.9. The van der Waals surface area contributed by atoms with Crippen molar-refractivity contribution in [3.05, 3.63) is 0 Å². The molecule has 1 aliphatic rings. The van der Waals surface area contributed by atoms with E-state index in [1.807, 2.05) is 0 Å². The van der Waals surface area contributed by atoms with Gasteiger partial charge in [0, 0.05) is 6.54 Å². The van der Waals surface area contributed by atoms with Crippen LogP contribution in [0.15, 0.2) is 0 Å². The van der Waals surface area contributed by atoms with E-state index in [1.165, 1.54) is 26.2 Å². The van der Waals surface area contributed by atoms with Gasteiger partial charge < -0.3 is 5.11 Å². The van der Waals surface area contributed by atoms with Crippen molar-refractivity contribution in [2.75, 3.05) is 13.2 Å². The highest BCUT2D eigenvalue weighted by Crippen LogP contribution is 2.30. The molecule has 1 aliphatic carbocycles. The summed E-state index contributed by atoms with van der Waals surface area (Å²) >= 11 is 0. The van der Waals surface area contributed by atoms with E-state index in [0.717, 1.165) is 18.8 Å². The van der Waals surface area contributed by atoms with Gasteiger partial charge in [0.05, 0.1) is 11.9 Å². The van der Waals surface area contributed by atoms with Crippen LogP contribution in [0.3, 0.4) is 0 Å². The molecule has 102 valence electrons. The predicted octanol–water partition coefficient (Wildman–Crippen LogP) is 1.50. The van der Waals surface area contributed by atoms with Gasteiger partial charge in [-0.15, -0.1) is 0 Å². The average Bonchev–Trinajstić information content (AvgIpc) is 2.36. The lowest BCUT2D eigenvalue weighted by molar-refractivity contribution is 0.268. The minimum absolute atomic E-state index is 0.322. The maximum atomic E-state index is 11.7. The molecule has 0 aromatic rings. The van der Waals surface area contributed by atoms with Crippen molar-refractivity contribution in [1.29, 1.82) is 0 Å². The Morgan fingerprint density at radius 2 is 1.76 bits per heavy atom. The van der Waals surface area contributed by atoms with Gasteiger partial charge >= 0.3 is 0 Å². The normalized spacial score (nSPS) is 27.9. The molecule has 5 heteroatoms. The SMILES string of the molecule is CCC1CCC(CNS(=O)(=O)C(C)CO)CC1. The predicted molar refractivity (Wildman–Crippen MR) is 69.2 cm³/mol. The first-order chi connectivity index (χ1) is 7.99. The van der Waals surface area contributed by atoms with Crippen molar-refractivity contribution in [3.63, 3.8) is 0 Å². The van der Waals surface area contributed by atoms with Gasteiger partial charge in [-0.2, -0.15) is 0 Å². The Labute approximate surface area is 105 Å². The Kier molecular flexibility index (Phi) is 5.89. The van der Waals surface area contributed by atoms with Gasteiger partial charge in [0.25, 0.3) is 0 Å². The van der Waals surface area contributed by atoms with Crippen molar-refractivity contribution < 1.29 is 13.5 Å². The third kappa shape index (κ3) is 4.56. The highest BCUT2D eigenvalue weighted by molar-refractivity contribution is 7.90. The number of nitrogens with one attached hydrogen (secondary N) is 1. The lowest BCUT2D eigenvalue weighted by Crippen LogP contribution is -2.38. The Morgan fingerprint density at radius 3 is 2.24 bits per heavy atom. The van der Waals surface area contributed by atoms with Crippen molar-refractivity contribution in [2.45, 2.75) is 51.2 Å². The smallest absolute Gasteiger partial charge is 0.216 e. The molecule has 0 heterocycles. The van der Waals surface area contributed by atoms with Crippen molar-refractivity contribution in [1.82, 2.24) is 4.72 Å². The summed E-state index contributed by atoms with van der Waals surface area (Å²) in [5, 5.41) is 8.14. The maximum Gasteiger partial charge on any atom is 0.216 e. The van der Waals surface area contributed by atoms with Crippen LogP contribution in [0.1, 0.15) is 46.0 Å². The van der Waals surface area contributed by atoms with Crippen molar-refractivity contribution in [2.24, 2.45) is 11.8 Å². The summed E-state index contributed by atoms with van der Waals surface area (Å²) in [5.74, 6) is 1.30. The standard InChI is InChI=1S/C12H25NO3S/c1-3-11-4-6-12(7-5-11)8-13-17(15,16)10(2)9-14/h10-14H,3-9H2,1-2H3. The summed E-state index contributed by atoms with van der Waals surface area (Å²) < 4.78 is 25.9. The van der Waals surface area contributed by atoms with Crippen LogP contribution in [0.2, 0.25) is 0 Å². The van der Waals surface area contributed by atoms with E-state index in [1.54, 1.807) is 0 Å². The number of aliphatic hydroxyl groups excluding tert-OH is 1. The van der Waals surface area contributed by atoms with Gasteiger partial charge in [-0.05, 0) is 31.6 Å². The molecule has 1 atom stereocenters. The molecule has 0 aromatic heterocycles. The topological polar surface area (TPSA) is 66.4 Å². The molecule has 0 aromatic carbocycles. The molecule has 1 rings (SSSR count). The Morgan fingerprint density at radius 1 is 1.24 bits per heavy atom. The fraction of sp³-hybridized carbons (Fsp3) is 1.00. The van der Waals surface area contributed by atoms with E-state index in [2.05, 4.69) is 11.6 Å². The fourth-order valence-corrected chi connectivity index (χ4v) is 3.27. The van der Waals surface area contributed by atoms with Gasteiger partial charge in [0.15, 0.2) is 0 Å². The Bertz CT molecular complexity index is 308. The second-order valence-corrected chi connectivity index (χ2v) is 7.37. The van der Waals surface area contributed by atoms with Gasteiger partial charge in [-0.3, -0.25) is 0 Å². The highest BCUT2D eigenvalue weighted by Gasteiger charge is 2.24. The van der Waals surface area contributed by atoms with Gasteiger partial charge in [0.2, 0.25) is 10.0 Å². The second-order valence-electron chi connectivity index (χ2n) is 5.18. The first-order valence-corrected chi connectivity index (χ1v) is 8.13. The number of sulfonamides is 1. The number of aliphatic hydroxyl groups is 1. The molecule has 1 fully saturated rings. The molecule has 1 saturated carbocycles. The van der Waals surface area contributed by atoms with Crippen LogP contribution in [0, 0.1) is 11.8 Å². The van der Waals surface area contributed by atoms with Gasteiger partial charge in [-0.1, -0.05) is 26.2 Å². The first-order valence-electron chi connectivity index (χ1n) is 6.59. The summed E-state index contributed by atoms with van der Waals surface area (Å²) in [6.07, 6.45) is 5.92. The molecule has 1 unspecified atom stereocenters. The van der Waals surface area contributed by atoms with Crippen LogP contribution < -0.4 is 4.72 Å². The van der Waals surface area contributed by atoms with E-state index in [9.17, 15) is 8.42 Å². The van der Waals surface area contributed by atoms with Crippen LogP contribution in [0.4, 0.5) is 0 Å². The Hall–Kier alpha value is -0.130. The van der Waals surface area contributed by atoms with E-state index in [-0.39, 0.29) is 6.61 Å². The van der Waals surface area contributed by atoms with Crippen molar-refractivity contribution >= 4 is 10.0 Å². The number of hydrogen-bond donors (Lipinski definition) is 2. The second kappa shape index (κ2) is 6.71. The maximum absolute atomic E-state index is 11.7. The van der Waals surface area contributed by atoms with E-state index in [4.69, 9.17) is 5.11 Å². The summed E-state index contributed by atoms with van der Waals surface area (Å²) in [4.78, 5) is 0. The summed E-state index contributed by atoms with van der Waals surface area (Å²) in [6.45, 7) is 3.95. The molecule has 0 saturated heterocycles. The average molecular weight is 263 g/mol. The zero-order valence-corrected chi connectivity index (χ0v) is 11.7. The highest BCUT2D eigenvalue weighted by atomic mass is 32.2. The fourth-order valence-electron chi connectivity index (χ4n) is 2.32. The van der Waals surface area contributed by atoms with Crippen LogP contribution in [-0.2, 0) is 10.0 Å². The quantitative estimate of drug-likeness (QED) is 0.763. The lowest BCUT2D eigenvalue weighted by Gasteiger charge is -2.28. The molecule has 0 spiro atoms. The molecule has 17 heavy (non-hydrogen) atoms. The third-order valence-corrected chi connectivity index (χ3v) is 5.68. The van der Waals surface area contributed by atoms with Crippen molar-refractivity contribution in [3.8, 4) is 0 Å². The summed E-state index contributed by atoms with van der Waals surface area (Å²) in [6, 6.07) is 0. The molecule has 0 amide bonds. The first kappa shape index (κ1) is 14.9. The van der Waals surface area contributed by atoms with E-state index in [0.29, 0.717) is 12.5 Å². The van der Waals surface area contributed by atoms with E-state index < -0.39 is 15.3 Å².